The lowest BCUT2D eigenvalue weighted by Crippen LogP contribution is -2.27. The van der Waals surface area contributed by atoms with Crippen LogP contribution in [0.5, 0.6) is 5.75 Å². The lowest BCUT2D eigenvalue weighted by molar-refractivity contribution is 0.0539. The van der Waals surface area contributed by atoms with Crippen LogP contribution in [0.15, 0.2) is 30.5 Å². The van der Waals surface area contributed by atoms with Gasteiger partial charge < -0.3 is 14.2 Å². The summed E-state index contributed by atoms with van der Waals surface area (Å²) >= 11 is 0. The van der Waals surface area contributed by atoms with Crippen molar-refractivity contribution >= 4 is 12.1 Å². The van der Waals surface area contributed by atoms with Crippen molar-refractivity contribution in [2.24, 2.45) is 0 Å². The Bertz CT molecular complexity index is 804. The molecule has 0 amide bonds. The normalized spacial score (nSPS) is 11.1. The van der Waals surface area contributed by atoms with Crippen LogP contribution >= 0.6 is 0 Å². The molecule has 0 aliphatic rings. The van der Waals surface area contributed by atoms with Crippen LogP contribution in [-0.4, -0.2) is 36.5 Å². The molecule has 1 heterocycles. The third kappa shape index (κ3) is 3.81. The van der Waals surface area contributed by atoms with E-state index in [1.54, 1.807) is 26.8 Å². The van der Waals surface area contributed by atoms with Crippen molar-refractivity contribution in [1.82, 2.24) is 4.57 Å². The standard InChI is InChI=1S/C18H20FNO5/c1-18(2,3)25-17(22)20-10-12(16(21)24-5)15(23-4)14(20)11-8-6-7-9-13(11)19/h6-10H,1-5H3. The Morgan fingerprint density at radius 3 is 2.28 bits per heavy atom. The van der Waals surface area contributed by atoms with Crippen LogP contribution in [-0.2, 0) is 9.47 Å². The minimum Gasteiger partial charge on any atom is -0.494 e. The predicted molar refractivity (Wildman–Crippen MR) is 89.3 cm³/mol. The van der Waals surface area contributed by atoms with Crippen molar-refractivity contribution in [2.45, 2.75) is 26.4 Å². The second-order valence-corrected chi connectivity index (χ2v) is 6.25. The lowest BCUT2D eigenvalue weighted by atomic mass is 10.1. The minimum absolute atomic E-state index is 0.00545. The first kappa shape index (κ1) is 18.5. The maximum Gasteiger partial charge on any atom is 0.419 e. The zero-order valence-electron chi connectivity index (χ0n) is 14.8. The van der Waals surface area contributed by atoms with E-state index in [-0.39, 0.29) is 22.6 Å². The molecule has 1 aromatic heterocycles. The Morgan fingerprint density at radius 1 is 1.12 bits per heavy atom. The van der Waals surface area contributed by atoms with Crippen molar-refractivity contribution in [3.05, 3.63) is 41.8 Å². The molecule has 0 aliphatic heterocycles. The van der Waals surface area contributed by atoms with Crippen LogP contribution in [0.2, 0.25) is 0 Å². The number of hydrogen-bond acceptors (Lipinski definition) is 5. The number of ether oxygens (including phenoxy) is 3. The molecule has 0 atom stereocenters. The first-order valence-corrected chi connectivity index (χ1v) is 7.55. The largest absolute Gasteiger partial charge is 0.494 e. The Hall–Kier alpha value is -2.83. The number of carbonyl (C=O) groups excluding carboxylic acids is 2. The van der Waals surface area contributed by atoms with Crippen LogP contribution in [0.25, 0.3) is 11.3 Å². The van der Waals surface area contributed by atoms with Crippen LogP contribution in [0.4, 0.5) is 9.18 Å². The molecular formula is C18H20FNO5. The number of rotatable bonds is 3. The number of benzene rings is 1. The van der Waals surface area contributed by atoms with Gasteiger partial charge in [-0.2, -0.15) is 0 Å². The van der Waals surface area contributed by atoms with Gasteiger partial charge in [0.05, 0.1) is 14.2 Å². The van der Waals surface area contributed by atoms with Gasteiger partial charge >= 0.3 is 12.1 Å². The second kappa shape index (κ2) is 6.96. The molecule has 1 aromatic carbocycles. The Kier molecular flexibility index (Phi) is 5.15. The smallest absolute Gasteiger partial charge is 0.419 e. The van der Waals surface area contributed by atoms with Crippen LogP contribution < -0.4 is 4.74 Å². The highest BCUT2D eigenvalue weighted by molar-refractivity contribution is 5.98. The summed E-state index contributed by atoms with van der Waals surface area (Å²) in [5, 5.41) is 0. The summed E-state index contributed by atoms with van der Waals surface area (Å²) in [6.45, 7) is 5.11. The summed E-state index contributed by atoms with van der Waals surface area (Å²) in [6.07, 6.45) is 0.458. The van der Waals surface area contributed by atoms with Crippen molar-refractivity contribution in [1.29, 1.82) is 0 Å². The van der Waals surface area contributed by atoms with Gasteiger partial charge in [0.25, 0.3) is 0 Å². The zero-order chi connectivity index (χ0) is 18.8. The molecule has 2 rings (SSSR count). The number of carbonyl (C=O) groups is 2. The highest BCUT2D eigenvalue weighted by Gasteiger charge is 2.30. The molecule has 134 valence electrons. The Labute approximate surface area is 145 Å². The summed E-state index contributed by atoms with van der Waals surface area (Å²) in [7, 11) is 2.53. The summed E-state index contributed by atoms with van der Waals surface area (Å²) in [5.41, 5.74) is -0.600. The summed E-state index contributed by atoms with van der Waals surface area (Å²) in [5.74, 6) is -1.25. The number of methoxy groups -OCH3 is 2. The average molecular weight is 349 g/mol. The van der Waals surface area contributed by atoms with Gasteiger partial charge in [0.15, 0.2) is 5.75 Å². The predicted octanol–water partition coefficient (Wildman–Crippen LogP) is 3.87. The summed E-state index contributed by atoms with van der Waals surface area (Å²) in [4.78, 5) is 24.6. The SMILES string of the molecule is COC(=O)c1cn(C(=O)OC(C)(C)C)c(-c2ccccc2F)c1OC. The highest BCUT2D eigenvalue weighted by Crippen LogP contribution is 2.37. The highest BCUT2D eigenvalue weighted by atomic mass is 19.1. The molecule has 0 N–H and O–H groups in total. The third-order valence-corrected chi connectivity index (χ3v) is 3.29. The number of esters is 1. The monoisotopic (exact) mass is 349 g/mol. The second-order valence-electron chi connectivity index (χ2n) is 6.25. The quantitative estimate of drug-likeness (QED) is 0.787. The van der Waals surface area contributed by atoms with Crippen LogP contribution in [0, 0.1) is 5.82 Å². The van der Waals surface area contributed by atoms with Gasteiger partial charge in [-0.1, -0.05) is 12.1 Å². The fourth-order valence-electron chi connectivity index (χ4n) is 2.31. The zero-order valence-corrected chi connectivity index (χ0v) is 14.8. The maximum absolute atomic E-state index is 14.3. The van der Waals surface area contributed by atoms with Gasteiger partial charge in [0.1, 0.15) is 22.7 Å². The molecule has 0 unspecified atom stereocenters. The fraction of sp³-hybridized carbons (Fsp3) is 0.333. The minimum atomic E-state index is -0.771. The first-order chi connectivity index (χ1) is 11.7. The number of hydrogen-bond donors (Lipinski definition) is 0. The van der Waals surface area contributed by atoms with E-state index >= 15 is 0 Å². The van der Waals surface area contributed by atoms with Crippen LogP contribution in [0.3, 0.4) is 0 Å². The molecule has 0 spiro atoms. The van der Waals surface area contributed by atoms with Crippen LogP contribution in [0.1, 0.15) is 31.1 Å². The molecule has 0 saturated carbocycles. The fourth-order valence-corrected chi connectivity index (χ4v) is 2.31. The van der Waals surface area contributed by atoms with E-state index in [1.807, 2.05) is 0 Å². The van der Waals surface area contributed by atoms with E-state index in [9.17, 15) is 14.0 Å². The van der Waals surface area contributed by atoms with Crippen molar-refractivity contribution in [3.8, 4) is 17.0 Å². The Balaban J connectivity index is 2.73. The topological polar surface area (TPSA) is 66.8 Å². The van der Waals surface area contributed by atoms with Crippen molar-refractivity contribution < 1.29 is 28.2 Å². The first-order valence-electron chi connectivity index (χ1n) is 7.55. The number of nitrogens with zero attached hydrogens (tertiary/aromatic N) is 1. The van der Waals surface area contributed by atoms with Gasteiger partial charge in [-0.05, 0) is 32.9 Å². The van der Waals surface area contributed by atoms with Gasteiger partial charge in [-0.3, -0.25) is 0 Å². The number of aromatic nitrogens is 1. The van der Waals surface area contributed by atoms with E-state index < -0.39 is 23.5 Å². The average Bonchev–Trinajstić information content (AvgIpc) is 2.92. The molecule has 7 heteroatoms. The molecule has 0 radical (unpaired) electrons. The molecule has 0 fully saturated rings. The molecule has 6 nitrogen and oxygen atoms in total. The molecule has 0 bridgehead atoms. The van der Waals surface area contributed by atoms with Crippen molar-refractivity contribution in [2.75, 3.05) is 14.2 Å². The van der Waals surface area contributed by atoms with E-state index in [1.165, 1.54) is 38.6 Å². The van der Waals surface area contributed by atoms with E-state index in [4.69, 9.17) is 14.2 Å². The van der Waals surface area contributed by atoms with Gasteiger partial charge in [0, 0.05) is 11.8 Å². The maximum atomic E-state index is 14.3. The Morgan fingerprint density at radius 2 is 1.76 bits per heavy atom. The molecule has 0 aliphatic carbocycles. The third-order valence-electron chi connectivity index (χ3n) is 3.29. The molecular weight excluding hydrogens is 329 g/mol. The van der Waals surface area contributed by atoms with Crippen molar-refractivity contribution in [3.63, 3.8) is 0 Å². The van der Waals surface area contributed by atoms with Gasteiger partial charge in [0.2, 0.25) is 0 Å². The molecule has 25 heavy (non-hydrogen) atoms. The molecule has 0 saturated heterocycles. The summed E-state index contributed by atoms with van der Waals surface area (Å²) in [6, 6.07) is 5.86. The van der Waals surface area contributed by atoms with E-state index in [2.05, 4.69) is 0 Å². The lowest BCUT2D eigenvalue weighted by Gasteiger charge is -2.20. The number of halogens is 1. The van der Waals surface area contributed by atoms with Gasteiger partial charge in [-0.25, -0.2) is 18.5 Å². The van der Waals surface area contributed by atoms with E-state index in [0.717, 1.165) is 4.57 Å². The molecule has 2 aromatic rings. The summed E-state index contributed by atoms with van der Waals surface area (Å²) < 4.78 is 30.7. The van der Waals surface area contributed by atoms with E-state index in [0.29, 0.717) is 0 Å². The van der Waals surface area contributed by atoms with Gasteiger partial charge in [-0.15, -0.1) is 0 Å².